The minimum atomic E-state index is 0.0369. The Morgan fingerprint density at radius 1 is 1.26 bits per heavy atom. The number of pyridine rings is 1. The first kappa shape index (κ1) is 11.6. The zero-order valence-electron chi connectivity index (χ0n) is 10.9. The molecule has 0 aliphatic heterocycles. The van der Waals surface area contributed by atoms with Gasteiger partial charge in [-0.3, -0.25) is 5.10 Å². The van der Waals surface area contributed by atoms with Crippen LogP contribution >= 0.6 is 0 Å². The Morgan fingerprint density at radius 2 is 2.11 bits per heavy atom. The van der Waals surface area contributed by atoms with Gasteiger partial charge in [-0.05, 0) is 31.5 Å². The van der Waals surface area contributed by atoms with Crippen LogP contribution in [0.5, 0.6) is 0 Å². The molecule has 0 fully saturated rings. The van der Waals surface area contributed by atoms with Crippen molar-refractivity contribution in [2.45, 2.75) is 19.9 Å². The first-order chi connectivity index (χ1) is 9.24. The molecule has 2 N–H and O–H groups in total. The quantitative estimate of drug-likeness (QED) is 0.753. The van der Waals surface area contributed by atoms with Gasteiger partial charge in [0.15, 0.2) is 0 Å². The predicted octanol–water partition coefficient (Wildman–Crippen LogP) is 2.83. The SMILES string of the molecule is Cc1cc2ccccc2nc1NC(C)c1ncn[nH]1. The van der Waals surface area contributed by atoms with Crippen LogP contribution < -0.4 is 5.32 Å². The van der Waals surface area contributed by atoms with Crippen molar-refractivity contribution in [1.29, 1.82) is 0 Å². The fraction of sp³-hybridized carbons (Fsp3) is 0.214. The number of anilines is 1. The van der Waals surface area contributed by atoms with Crippen molar-refractivity contribution in [2.24, 2.45) is 0 Å². The number of hydrogen-bond donors (Lipinski definition) is 2. The number of para-hydroxylation sites is 1. The number of hydrogen-bond acceptors (Lipinski definition) is 4. The summed E-state index contributed by atoms with van der Waals surface area (Å²) in [5.74, 6) is 1.68. The molecule has 0 radical (unpaired) electrons. The van der Waals surface area contributed by atoms with Crippen molar-refractivity contribution in [1.82, 2.24) is 20.2 Å². The molecule has 5 nitrogen and oxygen atoms in total. The van der Waals surface area contributed by atoms with Crippen LogP contribution in [0.2, 0.25) is 0 Å². The lowest BCUT2D eigenvalue weighted by atomic mass is 10.1. The molecule has 3 rings (SSSR count). The van der Waals surface area contributed by atoms with Crippen LogP contribution in [-0.4, -0.2) is 20.2 Å². The van der Waals surface area contributed by atoms with E-state index in [1.807, 2.05) is 25.1 Å². The molecule has 96 valence electrons. The molecule has 0 aliphatic rings. The second-order valence-corrected chi connectivity index (χ2v) is 4.58. The topological polar surface area (TPSA) is 66.5 Å². The number of nitrogens with zero attached hydrogens (tertiary/aromatic N) is 3. The molecule has 0 amide bonds. The maximum Gasteiger partial charge on any atom is 0.146 e. The number of aromatic nitrogens is 4. The van der Waals surface area contributed by atoms with Gasteiger partial charge in [0.05, 0.1) is 11.6 Å². The summed E-state index contributed by atoms with van der Waals surface area (Å²) in [6.45, 7) is 4.08. The fourth-order valence-corrected chi connectivity index (χ4v) is 2.06. The highest BCUT2D eigenvalue weighted by molar-refractivity contribution is 5.81. The molecule has 0 saturated heterocycles. The molecule has 19 heavy (non-hydrogen) atoms. The third-order valence-corrected chi connectivity index (χ3v) is 3.11. The number of aromatic amines is 1. The van der Waals surface area contributed by atoms with E-state index in [0.717, 1.165) is 28.1 Å². The Morgan fingerprint density at radius 3 is 2.89 bits per heavy atom. The highest BCUT2D eigenvalue weighted by Crippen LogP contribution is 2.22. The zero-order chi connectivity index (χ0) is 13.2. The van der Waals surface area contributed by atoms with Crippen molar-refractivity contribution in [3.8, 4) is 0 Å². The first-order valence-electron chi connectivity index (χ1n) is 6.22. The van der Waals surface area contributed by atoms with Crippen LogP contribution in [0.1, 0.15) is 24.4 Å². The van der Waals surface area contributed by atoms with E-state index < -0.39 is 0 Å². The lowest BCUT2D eigenvalue weighted by Gasteiger charge is -2.14. The molecule has 0 aliphatic carbocycles. The van der Waals surface area contributed by atoms with Gasteiger partial charge in [-0.1, -0.05) is 18.2 Å². The minimum absolute atomic E-state index is 0.0369. The summed E-state index contributed by atoms with van der Waals surface area (Å²) in [6, 6.07) is 10.3. The molecule has 1 atom stereocenters. The van der Waals surface area contributed by atoms with Gasteiger partial charge in [0.2, 0.25) is 0 Å². The third-order valence-electron chi connectivity index (χ3n) is 3.11. The van der Waals surface area contributed by atoms with Crippen molar-refractivity contribution in [2.75, 3.05) is 5.32 Å². The van der Waals surface area contributed by atoms with E-state index in [4.69, 9.17) is 0 Å². The van der Waals surface area contributed by atoms with Gasteiger partial charge >= 0.3 is 0 Å². The molecular formula is C14H15N5. The third kappa shape index (κ3) is 2.27. The largest absolute Gasteiger partial charge is 0.360 e. The maximum atomic E-state index is 4.65. The molecule has 0 spiro atoms. The summed E-state index contributed by atoms with van der Waals surface area (Å²) in [7, 11) is 0. The molecule has 0 bridgehead atoms. The summed E-state index contributed by atoms with van der Waals surface area (Å²) >= 11 is 0. The Labute approximate surface area is 111 Å². The van der Waals surface area contributed by atoms with E-state index >= 15 is 0 Å². The van der Waals surface area contributed by atoms with Gasteiger partial charge in [0, 0.05) is 5.39 Å². The van der Waals surface area contributed by atoms with Gasteiger partial charge in [0.25, 0.3) is 0 Å². The molecule has 2 aromatic heterocycles. The Bertz CT molecular complexity index is 690. The van der Waals surface area contributed by atoms with E-state index in [0.29, 0.717) is 0 Å². The molecule has 0 saturated carbocycles. The summed E-state index contributed by atoms with van der Waals surface area (Å²) in [4.78, 5) is 8.80. The Balaban J connectivity index is 1.94. The summed E-state index contributed by atoms with van der Waals surface area (Å²) in [6.07, 6.45) is 1.51. The predicted molar refractivity (Wildman–Crippen MR) is 74.9 cm³/mol. The van der Waals surface area contributed by atoms with Gasteiger partial charge in [-0.25, -0.2) is 9.97 Å². The average molecular weight is 253 g/mol. The van der Waals surface area contributed by atoms with Crippen LogP contribution in [0, 0.1) is 6.92 Å². The number of nitrogens with one attached hydrogen (secondary N) is 2. The summed E-state index contributed by atoms with van der Waals surface area (Å²) in [5, 5.41) is 11.2. The van der Waals surface area contributed by atoms with Crippen LogP contribution in [0.3, 0.4) is 0 Å². The smallest absolute Gasteiger partial charge is 0.146 e. The van der Waals surface area contributed by atoms with E-state index in [1.165, 1.54) is 6.33 Å². The van der Waals surface area contributed by atoms with Crippen molar-refractivity contribution >= 4 is 16.7 Å². The van der Waals surface area contributed by atoms with E-state index in [9.17, 15) is 0 Å². The number of benzene rings is 1. The first-order valence-corrected chi connectivity index (χ1v) is 6.22. The maximum absolute atomic E-state index is 4.65. The number of fused-ring (bicyclic) bond motifs is 1. The molecule has 2 heterocycles. The summed E-state index contributed by atoms with van der Waals surface area (Å²) in [5.41, 5.74) is 2.10. The number of rotatable bonds is 3. The van der Waals surface area contributed by atoms with E-state index in [-0.39, 0.29) is 6.04 Å². The van der Waals surface area contributed by atoms with E-state index in [2.05, 4.69) is 44.5 Å². The second-order valence-electron chi connectivity index (χ2n) is 4.58. The van der Waals surface area contributed by atoms with Crippen LogP contribution in [0.4, 0.5) is 5.82 Å². The highest BCUT2D eigenvalue weighted by Gasteiger charge is 2.11. The molecule has 1 aromatic carbocycles. The Kier molecular flexibility index (Phi) is 2.87. The highest BCUT2D eigenvalue weighted by atomic mass is 15.2. The molecule has 3 aromatic rings. The second kappa shape index (κ2) is 4.68. The van der Waals surface area contributed by atoms with E-state index in [1.54, 1.807) is 0 Å². The van der Waals surface area contributed by atoms with Gasteiger partial charge < -0.3 is 5.32 Å². The normalized spacial score (nSPS) is 12.5. The monoisotopic (exact) mass is 253 g/mol. The van der Waals surface area contributed by atoms with Crippen molar-refractivity contribution < 1.29 is 0 Å². The fourth-order valence-electron chi connectivity index (χ4n) is 2.06. The minimum Gasteiger partial charge on any atom is -0.360 e. The lowest BCUT2D eigenvalue weighted by Crippen LogP contribution is -2.10. The average Bonchev–Trinajstić information content (AvgIpc) is 2.93. The van der Waals surface area contributed by atoms with Crippen LogP contribution in [-0.2, 0) is 0 Å². The summed E-state index contributed by atoms with van der Waals surface area (Å²) < 4.78 is 0. The van der Waals surface area contributed by atoms with Gasteiger partial charge in [0.1, 0.15) is 18.0 Å². The molecule has 5 heteroatoms. The lowest BCUT2D eigenvalue weighted by molar-refractivity contribution is 0.790. The molecular weight excluding hydrogens is 238 g/mol. The molecule has 1 unspecified atom stereocenters. The van der Waals surface area contributed by atoms with Gasteiger partial charge in [-0.2, -0.15) is 5.10 Å². The number of aryl methyl sites for hydroxylation is 1. The van der Waals surface area contributed by atoms with Crippen molar-refractivity contribution in [3.63, 3.8) is 0 Å². The Hall–Kier alpha value is -2.43. The van der Waals surface area contributed by atoms with Crippen molar-refractivity contribution in [3.05, 3.63) is 48.0 Å². The van der Waals surface area contributed by atoms with Crippen LogP contribution in [0.25, 0.3) is 10.9 Å². The van der Waals surface area contributed by atoms with Gasteiger partial charge in [-0.15, -0.1) is 0 Å². The standard InChI is InChI=1S/C14H15N5/c1-9-7-11-5-3-4-6-12(11)18-13(9)17-10(2)14-15-8-16-19-14/h3-8,10H,1-2H3,(H,17,18)(H,15,16,19). The number of H-pyrrole nitrogens is 1. The zero-order valence-corrected chi connectivity index (χ0v) is 10.9. The van der Waals surface area contributed by atoms with Crippen LogP contribution in [0.15, 0.2) is 36.7 Å².